The molecule has 27 heavy (non-hydrogen) atoms. The van der Waals surface area contributed by atoms with Crippen LogP contribution in [0.5, 0.6) is 0 Å². The van der Waals surface area contributed by atoms with Crippen molar-refractivity contribution in [3.05, 3.63) is 73.2 Å². The van der Waals surface area contributed by atoms with E-state index in [2.05, 4.69) is 5.32 Å². The van der Waals surface area contributed by atoms with Crippen molar-refractivity contribution in [2.24, 2.45) is 0 Å². The van der Waals surface area contributed by atoms with Gasteiger partial charge in [-0.05, 0) is 43.7 Å². The third-order valence-electron chi connectivity index (χ3n) is 3.77. The number of nitro benzene ring substituents is 1. The molecule has 142 valence electrons. The summed E-state index contributed by atoms with van der Waals surface area (Å²) in [6.45, 7) is 2.75. The molecular weight excluding hydrogens is 395 g/mol. The van der Waals surface area contributed by atoms with Crippen LogP contribution in [0.2, 0.25) is 10.0 Å². The molecule has 0 aliphatic carbocycles. The number of aryl methyl sites for hydroxylation is 1. The summed E-state index contributed by atoms with van der Waals surface area (Å²) < 4.78 is 4.96. The number of rotatable bonds is 6. The maximum absolute atomic E-state index is 12.0. The number of amides is 1. The van der Waals surface area contributed by atoms with E-state index >= 15 is 0 Å². The Kier molecular flexibility index (Phi) is 6.76. The summed E-state index contributed by atoms with van der Waals surface area (Å²) in [4.78, 5) is 34.3. The molecule has 0 fully saturated rings. The zero-order chi connectivity index (χ0) is 20.1. The Balaban J connectivity index is 1.94. The molecule has 1 N–H and O–H groups in total. The first-order valence-corrected chi connectivity index (χ1v) is 8.61. The summed E-state index contributed by atoms with van der Waals surface area (Å²) in [5.41, 5.74) is 1.02. The fourth-order valence-electron chi connectivity index (χ4n) is 2.42. The van der Waals surface area contributed by atoms with Gasteiger partial charge < -0.3 is 10.1 Å². The van der Waals surface area contributed by atoms with Gasteiger partial charge in [0.2, 0.25) is 0 Å². The minimum atomic E-state index is -0.750. The number of esters is 1. The highest BCUT2D eigenvalue weighted by atomic mass is 35.5. The second kappa shape index (κ2) is 8.83. The molecule has 0 bridgehead atoms. The monoisotopic (exact) mass is 410 g/mol. The molecule has 0 aliphatic rings. The molecular formula is C18H16Cl2N2O5. The van der Waals surface area contributed by atoms with Gasteiger partial charge in [0.25, 0.3) is 11.6 Å². The largest absolute Gasteiger partial charge is 0.452 e. The molecule has 0 heterocycles. The number of halogens is 2. The molecule has 0 saturated carbocycles. The van der Waals surface area contributed by atoms with Crippen molar-refractivity contribution in [1.82, 2.24) is 5.32 Å². The fraction of sp³-hybridized carbons (Fsp3) is 0.222. The van der Waals surface area contributed by atoms with E-state index in [9.17, 15) is 19.7 Å². The Morgan fingerprint density at radius 1 is 1.22 bits per heavy atom. The standard InChI is InChI=1S/C18H16Cl2N2O5/c1-10-7-12(3-6-16(10)22(25)26)18(24)27-9-17(23)21-11(2)14-5-4-13(19)8-15(14)20/h3-8,11H,9H2,1-2H3,(H,21,23)/t11-/m0/s1. The predicted molar refractivity (Wildman–Crippen MR) is 101 cm³/mol. The third kappa shape index (κ3) is 5.42. The molecule has 0 radical (unpaired) electrons. The van der Waals surface area contributed by atoms with Crippen LogP contribution in [-0.4, -0.2) is 23.4 Å². The van der Waals surface area contributed by atoms with Gasteiger partial charge in [0.05, 0.1) is 16.5 Å². The molecule has 0 spiro atoms. The Morgan fingerprint density at radius 2 is 1.93 bits per heavy atom. The Labute approximate surface area is 165 Å². The number of nitrogens with zero attached hydrogens (tertiary/aromatic N) is 1. The number of ether oxygens (including phenoxy) is 1. The Morgan fingerprint density at radius 3 is 2.52 bits per heavy atom. The van der Waals surface area contributed by atoms with Crippen molar-refractivity contribution >= 4 is 40.8 Å². The molecule has 1 amide bonds. The molecule has 7 nitrogen and oxygen atoms in total. The lowest BCUT2D eigenvalue weighted by Crippen LogP contribution is -2.31. The lowest BCUT2D eigenvalue weighted by molar-refractivity contribution is -0.385. The van der Waals surface area contributed by atoms with Gasteiger partial charge in [-0.25, -0.2) is 4.79 Å². The summed E-state index contributed by atoms with van der Waals surface area (Å²) in [6, 6.07) is 8.34. The van der Waals surface area contributed by atoms with Crippen LogP contribution in [0.1, 0.15) is 34.5 Å². The van der Waals surface area contributed by atoms with Crippen LogP contribution in [0.25, 0.3) is 0 Å². The van der Waals surface area contributed by atoms with Gasteiger partial charge in [-0.2, -0.15) is 0 Å². The summed E-state index contributed by atoms with van der Waals surface area (Å²) in [6.07, 6.45) is 0. The average molecular weight is 411 g/mol. The number of benzene rings is 2. The van der Waals surface area contributed by atoms with E-state index in [1.807, 2.05) is 0 Å². The zero-order valence-corrected chi connectivity index (χ0v) is 16.0. The van der Waals surface area contributed by atoms with Crippen LogP contribution < -0.4 is 5.32 Å². The van der Waals surface area contributed by atoms with E-state index < -0.39 is 29.4 Å². The first-order valence-electron chi connectivity index (χ1n) is 7.85. The molecule has 0 unspecified atom stereocenters. The molecule has 1 atom stereocenters. The highest BCUT2D eigenvalue weighted by molar-refractivity contribution is 6.35. The maximum atomic E-state index is 12.0. The molecule has 0 saturated heterocycles. The number of hydrogen-bond acceptors (Lipinski definition) is 5. The number of nitro groups is 1. The quantitative estimate of drug-likeness (QED) is 0.436. The first-order chi connectivity index (χ1) is 12.7. The van der Waals surface area contributed by atoms with Crippen molar-refractivity contribution in [2.75, 3.05) is 6.61 Å². The van der Waals surface area contributed by atoms with Gasteiger partial charge in [-0.1, -0.05) is 29.3 Å². The minimum Gasteiger partial charge on any atom is -0.452 e. The van der Waals surface area contributed by atoms with E-state index in [0.717, 1.165) is 0 Å². The van der Waals surface area contributed by atoms with Crippen LogP contribution in [0.15, 0.2) is 36.4 Å². The molecule has 2 rings (SSSR count). The van der Waals surface area contributed by atoms with E-state index in [4.69, 9.17) is 27.9 Å². The highest BCUT2D eigenvalue weighted by Crippen LogP contribution is 2.26. The zero-order valence-electron chi connectivity index (χ0n) is 14.5. The first kappa shape index (κ1) is 20.7. The van der Waals surface area contributed by atoms with Crippen molar-refractivity contribution in [3.8, 4) is 0 Å². The van der Waals surface area contributed by atoms with Crippen molar-refractivity contribution < 1.29 is 19.2 Å². The Hall–Kier alpha value is -2.64. The van der Waals surface area contributed by atoms with E-state index in [1.165, 1.54) is 25.1 Å². The van der Waals surface area contributed by atoms with Crippen LogP contribution in [-0.2, 0) is 9.53 Å². The van der Waals surface area contributed by atoms with Crippen molar-refractivity contribution in [1.29, 1.82) is 0 Å². The smallest absolute Gasteiger partial charge is 0.338 e. The predicted octanol–water partition coefficient (Wildman–Crippen LogP) is 4.24. The maximum Gasteiger partial charge on any atom is 0.338 e. The van der Waals surface area contributed by atoms with Crippen LogP contribution >= 0.6 is 23.2 Å². The molecule has 0 aromatic heterocycles. The van der Waals surface area contributed by atoms with Gasteiger partial charge in [0, 0.05) is 21.7 Å². The Bertz CT molecular complexity index is 901. The molecule has 2 aromatic carbocycles. The average Bonchev–Trinajstić information content (AvgIpc) is 2.59. The summed E-state index contributed by atoms with van der Waals surface area (Å²) in [5.74, 6) is -1.26. The van der Waals surface area contributed by atoms with E-state index in [0.29, 0.717) is 21.2 Å². The lowest BCUT2D eigenvalue weighted by atomic mass is 10.1. The summed E-state index contributed by atoms with van der Waals surface area (Å²) in [5, 5.41) is 14.4. The van der Waals surface area contributed by atoms with Gasteiger partial charge in [0.1, 0.15) is 0 Å². The van der Waals surface area contributed by atoms with Crippen molar-refractivity contribution in [3.63, 3.8) is 0 Å². The SMILES string of the molecule is Cc1cc(C(=O)OCC(=O)N[C@@H](C)c2ccc(Cl)cc2Cl)ccc1[N+](=O)[O-]. The number of carbonyl (C=O) groups excluding carboxylic acids is 2. The van der Waals surface area contributed by atoms with Crippen molar-refractivity contribution in [2.45, 2.75) is 19.9 Å². The van der Waals surface area contributed by atoms with E-state index in [-0.39, 0.29) is 11.3 Å². The summed E-state index contributed by atoms with van der Waals surface area (Å²) in [7, 11) is 0. The minimum absolute atomic E-state index is 0.0991. The van der Waals surface area contributed by atoms with Gasteiger partial charge in [-0.15, -0.1) is 0 Å². The lowest BCUT2D eigenvalue weighted by Gasteiger charge is -2.16. The fourth-order valence-corrected chi connectivity index (χ4v) is 2.99. The van der Waals surface area contributed by atoms with Gasteiger partial charge >= 0.3 is 5.97 Å². The molecule has 0 aliphatic heterocycles. The third-order valence-corrected chi connectivity index (χ3v) is 4.33. The second-order valence-electron chi connectivity index (χ2n) is 5.79. The van der Waals surface area contributed by atoms with E-state index in [1.54, 1.807) is 25.1 Å². The second-order valence-corrected chi connectivity index (χ2v) is 6.63. The molecule has 9 heteroatoms. The van der Waals surface area contributed by atoms with Crippen LogP contribution in [0, 0.1) is 17.0 Å². The van der Waals surface area contributed by atoms with Crippen LogP contribution in [0.4, 0.5) is 5.69 Å². The van der Waals surface area contributed by atoms with Gasteiger partial charge in [-0.3, -0.25) is 14.9 Å². The van der Waals surface area contributed by atoms with Crippen LogP contribution in [0.3, 0.4) is 0 Å². The number of nitrogens with one attached hydrogen (secondary N) is 1. The summed E-state index contributed by atoms with van der Waals surface area (Å²) >= 11 is 11.9. The molecule has 2 aromatic rings. The van der Waals surface area contributed by atoms with Gasteiger partial charge in [0.15, 0.2) is 6.61 Å². The number of carbonyl (C=O) groups is 2. The number of hydrogen-bond donors (Lipinski definition) is 1. The normalized spacial score (nSPS) is 11.6. The highest BCUT2D eigenvalue weighted by Gasteiger charge is 2.17. The topological polar surface area (TPSA) is 98.5 Å².